The molecule has 0 aromatic heterocycles. The Morgan fingerprint density at radius 3 is 2.71 bits per heavy atom. The number of hydrogen-bond donors (Lipinski definition) is 3. The molecule has 0 bridgehead atoms. The first-order chi connectivity index (χ1) is 10.1. The fourth-order valence-corrected chi connectivity index (χ4v) is 2.54. The summed E-state index contributed by atoms with van der Waals surface area (Å²) in [6, 6.07) is 6.96. The van der Waals surface area contributed by atoms with Crippen molar-refractivity contribution in [3.63, 3.8) is 0 Å². The molecule has 4 N–H and O–H groups in total. The smallest absolute Gasteiger partial charge is 0.258 e. The minimum Gasteiger partial charge on any atom is -0.484 e. The van der Waals surface area contributed by atoms with Crippen molar-refractivity contribution in [2.45, 2.75) is 32.2 Å². The Balaban J connectivity index is 1.81. The summed E-state index contributed by atoms with van der Waals surface area (Å²) in [6.45, 7) is 2.15. The Hall–Kier alpha value is -2.24. The van der Waals surface area contributed by atoms with Crippen LogP contribution in [0.25, 0.3) is 0 Å². The van der Waals surface area contributed by atoms with Crippen LogP contribution < -0.4 is 15.8 Å². The second-order valence-electron chi connectivity index (χ2n) is 5.38. The summed E-state index contributed by atoms with van der Waals surface area (Å²) in [5.74, 6) is 1.04. The van der Waals surface area contributed by atoms with Gasteiger partial charge in [-0.15, -0.1) is 0 Å². The van der Waals surface area contributed by atoms with Crippen LogP contribution in [0.5, 0.6) is 5.75 Å². The normalized spacial score (nSPS) is 22.0. The highest BCUT2D eigenvalue weighted by Crippen LogP contribution is 2.24. The van der Waals surface area contributed by atoms with Gasteiger partial charge in [0.25, 0.3) is 5.91 Å². The molecule has 1 aromatic rings. The number of nitrogens with zero attached hydrogens (tertiary/aromatic N) is 1. The Kier molecular flexibility index (Phi) is 5.03. The molecule has 1 fully saturated rings. The fourth-order valence-electron chi connectivity index (χ4n) is 2.54. The molecule has 1 amide bonds. The maximum Gasteiger partial charge on any atom is 0.258 e. The molecule has 0 heterocycles. The van der Waals surface area contributed by atoms with Crippen molar-refractivity contribution in [3.05, 3.63) is 29.8 Å². The summed E-state index contributed by atoms with van der Waals surface area (Å²) >= 11 is 0. The Labute approximate surface area is 124 Å². The van der Waals surface area contributed by atoms with Gasteiger partial charge in [-0.2, -0.15) is 0 Å². The third-order valence-electron chi connectivity index (χ3n) is 3.84. The Morgan fingerprint density at radius 1 is 1.43 bits per heavy atom. The van der Waals surface area contributed by atoms with E-state index in [0.29, 0.717) is 17.2 Å². The van der Waals surface area contributed by atoms with Crippen molar-refractivity contribution < 1.29 is 14.7 Å². The van der Waals surface area contributed by atoms with E-state index in [9.17, 15) is 4.79 Å². The van der Waals surface area contributed by atoms with Crippen molar-refractivity contribution in [3.8, 4) is 5.75 Å². The summed E-state index contributed by atoms with van der Waals surface area (Å²) in [5, 5.41) is 14.5. The first-order valence-corrected chi connectivity index (χ1v) is 7.10. The maximum absolute atomic E-state index is 11.8. The largest absolute Gasteiger partial charge is 0.484 e. The number of nitrogens with two attached hydrogens (primary N) is 1. The number of hydrogen-bond acceptors (Lipinski definition) is 4. The fraction of sp³-hybridized carbons (Fsp3) is 0.467. The number of nitrogens with one attached hydrogen (secondary N) is 1. The minimum absolute atomic E-state index is 0.00780. The topological polar surface area (TPSA) is 96.9 Å². The average molecular weight is 291 g/mol. The van der Waals surface area contributed by atoms with Crippen molar-refractivity contribution in [1.82, 2.24) is 5.32 Å². The van der Waals surface area contributed by atoms with Crippen molar-refractivity contribution >= 4 is 11.7 Å². The highest BCUT2D eigenvalue weighted by molar-refractivity contribution is 5.97. The number of amides is 1. The number of oxime groups is 1. The molecule has 21 heavy (non-hydrogen) atoms. The number of amidine groups is 1. The van der Waals surface area contributed by atoms with Crippen LogP contribution in [0.3, 0.4) is 0 Å². The van der Waals surface area contributed by atoms with Gasteiger partial charge in [0.1, 0.15) is 5.75 Å². The lowest BCUT2D eigenvalue weighted by molar-refractivity contribution is -0.124. The second kappa shape index (κ2) is 6.97. The average Bonchev–Trinajstić information content (AvgIpc) is 2.90. The van der Waals surface area contributed by atoms with Gasteiger partial charge in [0, 0.05) is 11.6 Å². The minimum atomic E-state index is -0.103. The van der Waals surface area contributed by atoms with Gasteiger partial charge in [-0.1, -0.05) is 18.5 Å². The summed E-state index contributed by atoms with van der Waals surface area (Å²) in [5.41, 5.74) is 6.06. The van der Waals surface area contributed by atoms with E-state index in [1.165, 1.54) is 12.8 Å². The number of carbonyl (C=O) groups is 1. The first kappa shape index (κ1) is 15.2. The van der Waals surface area contributed by atoms with Gasteiger partial charge in [-0.3, -0.25) is 4.79 Å². The molecule has 6 nitrogen and oxygen atoms in total. The lowest BCUT2D eigenvalue weighted by Gasteiger charge is -2.17. The maximum atomic E-state index is 11.8. The molecule has 2 rings (SSSR count). The number of rotatable bonds is 5. The highest BCUT2D eigenvalue weighted by Gasteiger charge is 2.24. The van der Waals surface area contributed by atoms with Gasteiger partial charge in [0.05, 0.1) is 0 Å². The van der Waals surface area contributed by atoms with Crippen LogP contribution in [0.15, 0.2) is 29.4 Å². The van der Waals surface area contributed by atoms with E-state index < -0.39 is 0 Å². The van der Waals surface area contributed by atoms with Gasteiger partial charge < -0.3 is 21.0 Å². The number of benzene rings is 1. The molecule has 0 saturated heterocycles. The molecule has 114 valence electrons. The third-order valence-corrected chi connectivity index (χ3v) is 3.84. The summed E-state index contributed by atoms with van der Waals surface area (Å²) < 4.78 is 5.43. The molecule has 1 aliphatic carbocycles. The number of ether oxygens (including phenoxy) is 1. The lowest BCUT2D eigenvalue weighted by Crippen LogP contribution is -2.39. The zero-order chi connectivity index (χ0) is 15.2. The molecule has 2 unspecified atom stereocenters. The molecule has 1 saturated carbocycles. The van der Waals surface area contributed by atoms with Crippen LogP contribution >= 0.6 is 0 Å². The zero-order valence-corrected chi connectivity index (χ0v) is 12.1. The molecular formula is C15H21N3O3. The third kappa shape index (κ3) is 4.11. The van der Waals surface area contributed by atoms with Crippen LogP contribution in [-0.4, -0.2) is 29.6 Å². The van der Waals surface area contributed by atoms with Crippen LogP contribution in [0.1, 0.15) is 31.7 Å². The Bertz CT molecular complexity index is 513. The quantitative estimate of drug-likeness (QED) is 0.331. The van der Waals surface area contributed by atoms with Crippen molar-refractivity contribution in [2.75, 3.05) is 6.61 Å². The predicted octanol–water partition coefficient (Wildman–Crippen LogP) is 1.46. The SMILES string of the molecule is CC1CCCC1NC(=O)COc1ccc(C(N)=NO)cc1. The number of carbonyl (C=O) groups excluding carboxylic acids is 1. The molecule has 2 atom stereocenters. The van der Waals surface area contributed by atoms with Crippen LogP contribution in [-0.2, 0) is 4.79 Å². The van der Waals surface area contributed by atoms with E-state index >= 15 is 0 Å². The molecule has 0 radical (unpaired) electrons. The Morgan fingerprint density at radius 2 is 2.14 bits per heavy atom. The van der Waals surface area contributed by atoms with Crippen LogP contribution in [0, 0.1) is 5.92 Å². The lowest BCUT2D eigenvalue weighted by atomic mass is 10.1. The van der Waals surface area contributed by atoms with Crippen LogP contribution in [0.4, 0.5) is 0 Å². The van der Waals surface area contributed by atoms with E-state index in [1.807, 2.05) is 0 Å². The molecule has 1 aromatic carbocycles. The molecule has 1 aliphatic rings. The first-order valence-electron chi connectivity index (χ1n) is 7.10. The van der Waals surface area contributed by atoms with E-state index in [2.05, 4.69) is 17.4 Å². The summed E-state index contributed by atoms with van der Waals surface area (Å²) in [6.07, 6.45) is 3.38. The van der Waals surface area contributed by atoms with Gasteiger partial charge in [-0.05, 0) is 43.0 Å². The van der Waals surface area contributed by atoms with Crippen molar-refractivity contribution in [1.29, 1.82) is 0 Å². The highest BCUT2D eigenvalue weighted by atomic mass is 16.5. The standard InChI is InChI=1S/C15H21N3O3/c1-10-3-2-4-13(10)17-14(19)9-21-12-7-5-11(6-8-12)15(16)18-20/h5-8,10,13,20H,2-4,9H2,1H3,(H2,16,18)(H,17,19). The zero-order valence-electron chi connectivity index (χ0n) is 12.1. The van der Waals surface area contributed by atoms with Gasteiger partial charge in [-0.25, -0.2) is 0 Å². The van der Waals surface area contributed by atoms with E-state index in [0.717, 1.165) is 6.42 Å². The van der Waals surface area contributed by atoms with E-state index in [4.69, 9.17) is 15.7 Å². The predicted molar refractivity (Wildman–Crippen MR) is 79.4 cm³/mol. The van der Waals surface area contributed by atoms with E-state index in [1.54, 1.807) is 24.3 Å². The molecule has 0 aliphatic heterocycles. The summed E-state index contributed by atoms with van der Waals surface area (Å²) in [7, 11) is 0. The molecule has 6 heteroatoms. The van der Waals surface area contributed by atoms with Gasteiger partial charge >= 0.3 is 0 Å². The molecular weight excluding hydrogens is 270 g/mol. The van der Waals surface area contributed by atoms with E-state index in [-0.39, 0.29) is 24.4 Å². The second-order valence-corrected chi connectivity index (χ2v) is 5.38. The van der Waals surface area contributed by atoms with Crippen molar-refractivity contribution in [2.24, 2.45) is 16.8 Å². The summed E-state index contributed by atoms with van der Waals surface area (Å²) in [4.78, 5) is 11.8. The molecule has 0 spiro atoms. The van der Waals surface area contributed by atoms with Gasteiger partial charge in [0.15, 0.2) is 12.4 Å². The van der Waals surface area contributed by atoms with Crippen LogP contribution in [0.2, 0.25) is 0 Å². The monoisotopic (exact) mass is 291 g/mol. The van der Waals surface area contributed by atoms with Gasteiger partial charge in [0.2, 0.25) is 0 Å².